The van der Waals surface area contributed by atoms with Gasteiger partial charge in [-0.3, -0.25) is 5.32 Å². The number of aryl methyl sites for hydroxylation is 1. The number of carbonyl (C=O) groups excluding carboxylic acids is 1. The zero-order chi connectivity index (χ0) is 26.2. The monoisotopic (exact) mass is 507 g/mol. The van der Waals surface area contributed by atoms with Crippen molar-refractivity contribution in [2.24, 2.45) is 5.92 Å². The molecule has 2 aliphatic carbocycles. The average molecular weight is 508 g/mol. The van der Waals surface area contributed by atoms with Crippen LogP contribution in [0.2, 0.25) is 0 Å². The standard InChI is InChI=1S/C30H29N5O3/c1-18-14-15-32-29(33-18)38-24-12-13-27-25(16-24)26(17-31)28(35(27)23-4-3-5-23)21-8-10-22(11-9-21)34-30(36)37-19(2)20-6-7-20/h8-16,19-20,23H,3-7H2,1-2H3,(H,34,36)/t19-/m1/s1. The number of nitrogens with one attached hydrogen (secondary N) is 1. The van der Waals surface area contributed by atoms with Gasteiger partial charge in [0.2, 0.25) is 0 Å². The van der Waals surface area contributed by atoms with Gasteiger partial charge in [0.1, 0.15) is 17.9 Å². The molecule has 0 spiro atoms. The molecule has 8 heteroatoms. The first-order valence-electron chi connectivity index (χ1n) is 13.1. The van der Waals surface area contributed by atoms with Gasteiger partial charge in [-0.15, -0.1) is 0 Å². The molecule has 4 aromatic rings. The van der Waals surface area contributed by atoms with E-state index in [1.54, 1.807) is 6.20 Å². The number of hydrogen-bond acceptors (Lipinski definition) is 6. The Kier molecular flexibility index (Phi) is 6.20. The first-order chi connectivity index (χ1) is 18.5. The first-order valence-corrected chi connectivity index (χ1v) is 13.1. The summed E-state index contributed by atoms with van der Waals surface area (Å²) in [5, 5.41) is 13.9. The minimum Gasteiger partial charge on any atom is -0.446 e. The number of carbonyl (C=O) groups is 1. The smallest absolute Gasteiger partial charge is 0.411 e. The third-order valence-corrected chi connectivity index (χ3v) is 7.49. The maximum atomic E-state index is 12.3. The molecule has 2 aromatic heterocycles. The van der Waals surface area contributed by atoms with Crippen LogP contribution in [0.25, 0.3) is 22.2 Å². The minimum absolute atomic E-state index is 0.0722. The van der Waals surface area contributed by atoms with Gasteiger partial charge in [-0.05, 0) is 93.8 Å². The lowest BCUT2D eigenvalue weighted by atomic mass is 9.92. The van der Waals surface area contributed by atoms with Crippen LogP contribution in [0, 0.1) is 24.2 Å². The summed E-state index contributed by atoms with van der Waals surface area (Å²) in [7, 11) is 0. The Hall–Kier alpha value is -4.38. The zero-order valence-electron chi connectivity index (χ0n) is 21.5. The van der Waals surface area contributed by atoms with Crippen molar-refractivity contribution in [2.75, 3.05) is 5.32 Å². The molecule has 0 radical (unpaired) electrons. The number of rotatable bonds is 7. The molecule has 0 aliphatic heterocycles. The molecule has 2 heterocycles. The highest BCUT2D eigenvalue weighted by molar-refractivity contribution is 5.96. The van der Waals surface area contributed by atoms with Crippen molar-refractivity contribution in [3.8, 4) is 29.1 Å². The third kappa shape index (κ3) is 4.68. The molecule has 192 valence electrons. The molecule has 0 saturated heterocycles. The van der Waals surface area contributed by atoms with Gasteiger partial charge in [-0.2, -0.15) is 5.26 Å². The van der Waals surface area contributed by atoms with Crippen molar-refractivity contribution in [3.63, 3.8) is 0 Å². The highest BCUT2D eigenvalue weighted by atomic mass is 16.6. The van der Waals surface area contributed by atoms with Crippen LogP contribution < -0.4 is 10.1 Å². The number of nitrogens with zero attached hydrogens (tertiary/aromatic N) is 4. The highest BCUT2D eigenvalue weighted by Gasteiger charge is 2.31. The fourth-order valence-electron chi connectivity index (χ4n) is 5.05. The van der Waals surface area contributed by atoms with Gasteiger partial charge in [-0.25, -0.2) is 14.8 Å². The molecule has 2 fully saturated rings. The van der Waals surface area contributed by atoms with Gasteiger partial charge >= 0.3 is 12.1 Å². The van der Waals surface area contributed by atoms with Gasteiger partial charge in [0.15, 0.2) is 0 Å². The second-order valence-corrected chi connectivity index (χ2v) is 10.2. The molecule has 2 saturated carbocycles. The minimum atomic E-state index is -0.441. The van der Waals surface area contributed by atoms with Crippen LogP contribution in [0.1, 0.15) is 56.3 Å². The molecule has 0 unspecified atom stereocenters. The zero-order valence-corrected chi connectivity index (χ0v) is 21.5. The molecule has 8 nitrogen and oxygen atoms in total. The number of nitriles is 1. The average Bonchev–Trinajstić information content (AvgIpc) is 3.67. The Bertz CT molecular complexity index is 1540. The normalized spacial score (nSPS) is 15.9. The second-order valence-electron chi connectivity index (χ2n) is 10.2. The van der Waals surface area contributed by atoms with Crippen LogP contribution in [0.3, 0.4) is 0 Å². The Morgan fingerprint density at radius 2 is 1.92 bits per heavy atom. The van der Waals surface area contributed by atoms with E-state index in [0.717, 1.165) is 53.5 Å². The second kappa shape index (κ2) is 9.82. The predicted octanol–water partition coefficient (Wildman–Crippen LogP) is 7.14. The quantitative estimate of drug-likeness (QED) is 0.285. The van der Waals surface area contributed by atoms with E-state index < -0.39 is 6.09 Å². The largest absolute Gasteiger partial charge is 0.446 e. The van der Waals surface area contributed by atoms with Crippen LogP contribution in [0.15, 0.2) is 54.7 Å². The summed E-state index contributed by atoms with van der Waals surface area (Å²) in [6.07, 6.45) is 6.69. The summed E-state index contributed by atoms with van der Waals surface area (Å²) in [5.74, 6) is 1.06. The molecule has 38 heavy (non-hydrogen) atoms. The molecule has 1 amide bonds. The van der Waals surface area contributed by atoms with Crippen LogP contribution >= 0.6 is 0 Å². The molecule has 1 N–H and O–H groups in total. The summed E-state index contributed by atoms with van der Waals surface area (Å²) in [6, 6.07) is 18.3. The lowest BCUT2D eigenvalue weighted by molar-refractivity contribution is 0.108. The Morgan fingerprint density at radius 3 is 2.58 bits per heavy atom. The maximum absolute atomic E-state index is 12.3. The topological polar surface area (TPSA) is 102 Å². The molecule has 2 aliphatic rings. The van der Waals surface area contributed by atoms with E-state index in [1.165, 1.54) is 6.42 Å². The Balaban J connectivity index is 1.33. The Labute approximate surface area is 221 Å². The lowest BCUT2D eigenvalue weighted by Crippen LogP contribution is -2.21. The predicted molar refractivity (Wildman–Crippen MR) is 144 cm³/mol. The summed E-state index contributed by atoms with van der Waals surface area (Å²) in [4.78, 5) is 20.8. The van der Waals surface area contributed by atoms with Crippen molar-refractivity contribution in [1.82, 2.24) is 14.5 Å². The molecule has 0 bridgehead atoms. The van der Waals surface area contributed by atoms with Crippen molar-refractivity contribution >= 4 is 22.7 Å². The van der Waals surface area contributed by atoms with E-state index in [2.05, 4.69) is 25.9 Å². The van der Waals surface area contributed by atoms with E-state index in [0.29, 0.717) is 29.0 Å². The number of ether oxygens (including phenoxy) is 2. The molecular formula is C30H29N5O3. The fraction of sp³-hybridized carbons (Fsp3) is 0.333. The van der Waals surface area contributed by atoms with Gasteiger partial charge < -0.3 is 14.0 Å². The van der Waals surface area contributed by atoms with Crippen molar-refractivity contribution in [2.45, 2.75) is 58.1 Å². The van der Waals surface area contributed by atoms with Crippen LogP contribution in [0.5, 0.6) is 11.8 Å². The van der Waals surface area contributed by atoms with E-state index >= 15 is 0 Å². The SMILES string of the molecule is Cc1ccnc(Oc2ccc3c(c2)c(C#N)c(-c2ccc(NC(=O)O[C@H](C)C4CC4)cc2)n3C2CCC2)n1. The van der Waals surface area contributed by atoms with Crippen molar-refractivity contribution in [3.05, 3.63) is 66.0 Å². The number of hydrogen-bond donors (Lipinski definition) is 1. The van der Waals surface area contributed by atoms with Gasteiger partial charge in [0.25, 0.3) is 0 Å². The number of aromatic nitrogens is 3. The lowest BCUT2D eigenvalue weighted by Gasteiger charge is -2.30. The van der Waals surface area contributed by atoms with Crippen LogP contribution in [-0.2, 0) is 4.74 Å². The van der Waals surface area contributed by atoms with Gasteiger partial charge in [-0.1, -0.05) is 12.1 Å². The van der Waals surface area contributed by atoms with E-state index in [9.17, 15) is 10.1 Å². The first kappa shape index (κ1) is 24.0. The van der Waals surface area contributed by atoms with Gasteiger partial charge in [0, 0.05) is 29.0 Å². The van der Waals surface area contributed by atoms with E-state index in [4.69, 9.17) is 9.47 Å². The van der Waals surface area contributed by atoms with E-state index in [-0.39, 0.29) is 12.1 Å². The summed E-state index contributed by atoms with van der Waals surface area (Å²) in [6.45, 7) is 3.82. The summed E-state index contributed by atoms with van der Waals surface area (Å²) >= 11 is 0. The van der Waals surface area contributed by atoms with E-state index in [1.807, 2.05) is 62.4 Å². The Morgan fingerprint density at radius 1 is 1.13 bits per heavy atom. The molecule has 6 rings (SSSR count). The number of anilines is 1. The van der Waals surface area contributed by atoms with Gasteiger partial charge in [0.05, 0.1) is 16.8 Å². The van der Waals surface area contributed by atoms with Crippen molar-refractivity contribution in [1.29, 1.82) is 5.26 Å². The van der Waals surface area contributed by atoms with Crippen molar-refractivity contribution < 1.29 is 14.3 Å². The molecule has 2 aromatic carbocycles. The maximum Gasteiger partial charge on any atom is 0.411 e. The fourth-order valence-corrected chi connectivity index (χ4v) is 5.05. The highest BCUT2D eigenvalue weighted by Crippen LogP contribution is 2.43. The number of fused-ring (bicyclic) bond motifs is 1. The molecule has 1 atom stereocenters. The number of amides is 1. The van der Waals surface area contributed by atoms with Crippen LogP contribution in [-0.4, -0.2) is 26.7 Å². The number of benzene rings is 2. The third-order valence-electron chi connectivity index (χ3n) is 7.49. The summed E-state index contributed by atoms with van der Waals surface area (Å²) < 4.78 is 13.7. The molecular weight excluding hydrogens is 478 g/mol. The van der Waals surface area contributed by atoms with Crippen LogP contribution in [0.4, 0.5) is 10.5 Å². The summed E-state index contributed by atoms with van der Waals surface area (Å²) in [5.41, 5.74) is 4.86.